The summed E-state index contributed by atoms with van der Waals surface area (Å²) in [7, 11) is -14.3. The highest BCUT2D eigenvalue weighted by molar-refractivity contribution is 14.1. The number of allylic oxidation sites excluding steroid dienone is 1. The molecule has 0 radical (unpaired) electrons. The van der Waals surface area contributed by atoms with Crippen molar-refractivity contribution >= 4 is 78.5 Å². The summed E-state index contributed by atoms with van der Waals surface area (Å²) in [5, 5.41) is -0.310. The SMILES string of the molecule is C=C1C(C)CC2CC[C@@H]3O[C@@H](CCC/C=C/C(O[Si](C)(C)C(C)(C)C)C4O[C@H]5CCC(CC(=O)OC6C(CC1O[Si](CC)(CC)CC)OC1CC(O[Si](C)(C)C(C)(C)C)C(CCO[Si](C)(C)C(C)(C)C)OC1[C@@H]6C)OC5C(O[Si](C)(C)C(C)(C)C)C4O[Si](C)(C)C(C)(C)C)CC3(CI)O2. The maximum atomic E-state index is 15.6. The molecular weight excluding hydrogens is 1460 g/mol. The molecule has 21 heteroatoms. The van der Waals surface area contributed by atoms with Crippen LogP contribution in [0.25, 0.3) is 0 Å². The molecular formula is C78H149IO14Si6. The van der Waals surface area contributed by atoms with E-state index in [4.69, 9.17) is 66.3 Å². The Morgan fingerprint density at radius 2 is 1.09 bits per heavy atom. The zero-order chi connectivity index (χ0) is 74.5. The molecule has 0 amide bonds. The maximum Gasteiger partial charge on any atom is 0.308 e. The smallest absolute Gasteiger partial charge is 0.308 e. The highest BCUT2D eigenvalue weighted by atomic mass is 127. The Kier molecular flexibility index (Phi) is 28.9. The van der Waals surface area contributed by atoms with Gasteiger partial charge in [-0.1, -0.05) is 180 Å². The van der Waals surface area contributed by atoms with Crippen LogP contribution in [-0.4, -0.2) is 176 Å². The van der Waals surface area contributed by atoms with E-state index >= 15 is 4.79 Å². The van der Waals surface area contributed by atoms with Gasteiger partial charge in [0.15, 0.2) is 49.9 Å². The lowest BCUT2D eigenvalue weighted by Crippen LogP contribution is -2.69. The minimum Gasteiger partial charge on any atom is -0.459 e. The van der Waals surface area contributed by atoms with Crippen molar-refractivity contribution in [1.82, 2.24) is 0 Å². The number of esters is 1. The molecule has 9 rings (SSSR count). The Bertz CT molecular complexity index is 2650. The van der Waals surface area contributed by atoms with E-state index in [-0.39, 0.29) is 110 Å². The zero-order valence-electron chi connectivity index (χ0n) is 68.7. The molecule has 99 heavy (non-hydrogen) atoms. The monoisotopic (exact) mass is 1600 g/mol. The Labute approximate surface area is 625 Å². The van der Waals surface area contributed by atoms with Crippen molar-refractivity contribution in [2.24, 2.45) is 11.8 Å². The molecule has 0 aromatic heterocycles. The van der Waals surface area contributed by atoms with Crippen molar-refractivity contribution in [2.45, 2.75) is 440 Å². The van der Waals surface area contributed by atoms with Gasteiger partial charge < -0.3 is 59.7 Å². The number of hydrogen-bond donors (Lipinski definition) is 0. The van der Waals surface area contributed by atoms with Gasteiger partial charge in [-0.05, 0) is 178 Å². The first-order valence-electron chi connectivity index (χ1n) is 39.4. The third-order valence-electron chi connectivity index (χ3n) is 27.3. The molecule has 0 saturated carbocycles. The van der Waals surface area contributed by atoms with Gasteiger partial charge in [0.2, 0.25) is 0 Å². The highest BCUT2D eigenvalue weighted by Gasteiger charge is 2.60. The summed E-state index contributed by atoms with van der Waals surface area (Å²) >= 11 is 2.57. The first kappa shape index (κ1) is 86.7. The number of hydrogen-bond acceptors (Lipinski definition) is 14. The number of carbonyl (C=O) groups excluding carboxylic acids is 1. The molecule has 16 unspecified atom stereocenters. The van der Waals surface area contributed by atoms with Crippen molar-refractivity contribution in [3.05, 3.63) is 24.3 Å². The number of rotatable bonds is 18. The van der Waals surface area contributed by atoms with Crippen LogP contribution in [0.15, 0.2) is 24.3 Å². The lowest BCUT2D eigenvalue weighted by atomic mass is 9.79. The fourth-order valence-electron chi connectivity index (χ4n) is 15.0. The third-order valence-corrected chi connectivity index (χ3v) is 55.7. The Hall–Kier alpha value is 0.501. The normalized spacial score (nSPS) is 36.3. The fraction of sp³-hybridized carbons (Fsp3) is 0.936. The molecule has 7 bridgehead atoms. The van der Waals surface area contributed by atoms with Gasteiger partial charge in [-0.2, -0.15) is 0 Å². The third kappa shape index (κ3) is 20.5. The van der Waals surface area contributed by atoms with E-state index in [0.717, 1.165) is 73.1 Å². The summed E-state index contributed by atoms with van der Waals surface area (Å²) in [6.45, 7) is 75.2. The zero-order valence-corrected chi connectivity index (χ0v) is 76.8. The first-order chi connectivity index (χ1) is 45.3. The summed E-state index contributed by atoms with van der Waals surface area (Å²) in [5.74, 6) is -0.490. The van der Waals surface area contributed by atoms with E-state index in [1.54, 1.807) is 0 Å². The van der Waals surface area contributed by atoms with Crippen LogP contribution in [-0.2, 0) is 64.5 Å². The van der Waals surface area contributed by atoms with Crippen LogP contribution in [0.2, 0.25) is 109 Å². The molecule has 0 aliphatic carbocycles. The summed E-state index contributed by atoms with van der Waals surface area (Å²) in [5.41, 5.74) is 0.712. The second-order valence-electron chi connectivity index (χ2n) is 39.5. The van der Waals surface area contributed by atoms with Crippen molar-refractivity contribution in [3.8, 4) is 0 Å². The number of carbonyl (C=O) groups is 1. The molecule has 0 aromatic carbocycles. The predicted octanol–water partition coefficient (Wildman–Crippen LogP) is 20.8. The van der Waals surface area contributed by atoms with Gasteiger partial charge in [0.05, 0.1) is 79.7 Å². The van der Waals surface area contributed by atoms with E-state index in [9.17, 15) is 0 Å². The first-order valence-corrected chi connectivity index (χ1v) is 58.0. The molecule has 9 aliphatic rings. The molecule has 6 fully saturated rings. The molecule has 576 valence electrons. The number of ether oxygens (including phenoxy) is 7. The molecule has 9 aliphatic heterocycles. The van der Waals surface area contributed by atoms with E-state index in [2.05, 4.69) is 239 Å². The quantitative estimate of drug-likeness (QED) is 0.0423. The largest absolute Gasteiger partial charge is 0.459 e. The van der Waals surface area contributed by atoms with Crippen molar-refractivity contribution in [3.63, 3.8) is 0 Å². The lowest BCUT2D eigenvalue weighted by Gasteiger charge is -2.56. The molecule has 9 heterocycles. The van der Waals surface area contributed by atoms with Crippen LogP contribution < -0.4 is 0 Å². The van der Waals surface area contributed by atoms with Gasteiger partial charge in [-0.15, -0.1) is 0 Å². The van der Waals surface area contributed by atoms with Crippen LogP contribution in [0, 0.1) is 11.8 Å². The van der Waals surface area contributed by atoms with Crippen molar-refractivity contribution in [1.29, 1.82) is 0 Å². The average Bonchev–Trinajstić information content (AvgIpc) is 1.25. The molecule has 0 N–H and O–H groups in total. The van der Waals surface area contributed by atoms with Gasteiger partial charge in [-0.3, -0.25) is 4.79 Å². The molecule has 20 atom stereocenters. The van der Waals surface area contributed by atoms with Gasteiger partial charge in [-0.25, -0.2) is 0 Å². The second-order valence-corrected chi connectivity index (χ2v) is 68.8. The predicted molar refractivity (Wildman–Crippen MR) is 430 cm³/mol. The Balaban J connectivity index is 1.35. The van der Waals surface area contributed by atoms with Gasteiger partial charge in [0.1, 0.15) is 36.1 Å². The molecule has 0 spiro atoms. The summed E-state index contributed by atoms with van der Waals surface area (Å²) in [6.07, 6.45) is 8.42. The van der Waals surface area contributed by atoms with Crippen molar-refractivity contribution < 1.29 is 64.5 Å². The van der Waals surface area contributed by atoms with Crippen LogP contribution >= 0.6 is 22.6 Å². The summed E-state index contributed by atoms with van der Waals surface area (Å²) < 4.78 is 98.6. The average molecular weight is 1610 g/mol. The van der Waals surface area contributed by atoms with Gasteiger partial charge in [0, 0.05) is 36.2 Å². The topological polar surface area (TPSA) is 137 Å². The number of alkyl halides is 1. The lowest BCUT2D eigenvalue weighted by molar-refractivity contribution is -0.274. The summed E-state index contributed by atoms with van der Waals surface area (Å²) in [6, 6.07) is 2.95. The number of halogens is 1. The molecule has 14 nitrogen and oxygen atoms in total. The van der Waals surface area contributed by atoms with E-state index in [1.165, 1.54) is 0 Å². The maximum absolute atomic E-state index is 15.6. The Morgan fingerprint density at radius 1 is 0.556 bits per heavy atom. The fourth-order valence-corrected chi connectivity index (χ4v) is 25.1. The van der Waals surface area contributed by atoms with Crippen LogP contribution in [0.1, 0.15) is 222 Å². The minimum atomic E-state index is -2.57. The molecule has 6 saturated heterocycles. The standard InChI is InChI=1S/C78H149IO14Si6/c1-32-99(33-2,34-3)91-61-48-63-68(54(6)67-64(84-63)49-62(90-96(26,27)75(13,14)15)58(85-67)44-45-81-94(22,23)73(7,8)9)87-66(80)47-55-40-42-59-69(83-55)71(92-97(28,29)76(16,17)18)72(93-98(30,31)77(19,20)21)70(86-59)60(89-95(24,25)74(10,11)12)39-37-35-36-38-57-50-78(51-79)65(82-57)43-41-56(88-78)46-52(4)53(61)5/h37,39,52,54-65,67-72H,5,32-36,38,40-51H2,1-4,6-31H3/b39-37+/t52?,54-,55?,56?,57-,58?,59-,60?,61?,62?,63?,64?,65-,67?,68?,69?,70?,71?,72?,78?/m0/s1. The molecule has 0 aromatic rings. The van der Waals surface area contributed by atoms with Gasteiger partial charge in [0.25, 0.3) is 0 Å². The Morgan fingerprint density at radius 3 is 1.65 bits per heavy atom. The van der Waals surface area contributed by atoms with Crippen LogP contribution in [0.5, 0.6) is 0 Å². The second kappa shape index (κ2) is 33.0. The van der Waals surface area contributed by atoms with Gasteiger partial charge >= 0.3 is 5.97 Å². The van der Waals surface area contributed by atoms with E-state index in [1.807, 2.05) is 0 Å². The summed E-state index contributed by atoms with van der Waals surface area (Å²) in [4.78, 5) is 15.6. The van der Waals surface area contributed by atoms with E-state index in [0.29, 0.717) is 38.7 Å². The van der Waals surface area contributed by atoms with Crippen molar-refractivity contribution in [2.75, 3.05) is 11.0 Å². The van der Waals surface area contributed by atoms with Crippen LogP contribution in [0.3, 0.4) is 0 Å². The van der Waals surface area contributed by atoms with E-state index < -0.39 is 98.7 Å². The highest BCUT2D eigenvalue weighted by Crippen LogP contribution is 2.51. The van der Waals surface area contributed by atoms with Crippen LogP contribution in [0.4, 0.5) is 0 Å². The minimum absolute atomic E-state index is 0.0280. The number of fused-ring (bicyclic) bond motifs is 3.